The fourth-order valence-corrected chi connectivity index (χ4v) is 3.88. The Balaban J connectivity index is 1.52. The maximum Gasteiger partial charge on any atom is 0.227 e. The molecule has 1 aromatic rings. The van der Waals surface area contributed by atoms with E-state index < -0.39 is 0 Å². The van der Waals surface area contributed by atoms with Crippen LogP contribution in [0.1, 0.15) is 44.1 Å². The first-order valence-corrected chi connectivity index (χ1v) is 9.34. The zero-order chi connectivity index (χ0) is 16.8. The Kier molecular flexibility index (Phi) is 5.89. The average Bonchev–Trinajstić information content (AvgIpc) is 2.89. The van der Waals surface area contributed by atoms with E-state index in [9.17, 15) is 9.59 Å². The summed E-state index contributed by atoms with van der Waals surface area (Å²) in [5, 5.41) is 0. The van der Waals surface area contributed by atoms with Crippen LogP contribution in [0.15, 0.2) is 30.3 Å². The lowest BCUT2D eigenvalue weighted by atomic mass is 9.88. The van der Waals surface area contributed by atoms with Gasteiger partial charge in [0.15, 0.2) is 0 Å². The van der Waals surface area contributed by atoms with E-state index in [2.05, 4.69) is 0 Å². The van der Waals surface area contributed by atoms with Crippen molar-refractivity contribution in [3.63, 3.8) is 0 Å². The Hall–Kier alpha value is -1.84. The SMILES string of the molecule is O=C(Cc1ccccc1)N1CCCN(C(=O)C2CCCCC2)CC1. The predicted molar refractivity (Wildman–Crippen MR) is 94.5 cm³/mol. The summed E-state index contributed by atoms with van der Waals surface area (Å²) in [5.41, 5.74) is 1.06. The van der Waals surface area contributed by atoms with Gasteiger partial charge < -0.3 is 9.80 Å². The highest BCUT2D eigenvalue weighted by molar-refractivity contribution is 5.80. The van der Waals surface area contributed by atoms with Crippen LogP contribution in [0.4, 0.5) is 0 Å². The zero-order valence-electron chi connectivity index (χ0n) is 14.5. The van der Waals surface area contributed by atoms with Crippen molar-refractivity contribution in [2.45, 2.75) is 44.9 Å². The second kappa shape index (κ2) is 8.32. The molecular formula is C20H28N2O2. The van der Waals surface area contributed by atoms with Crippen molar-refractivity contribution in [2.24, 2.45) is 5.92 Å². The van der Waals surface area contributed by atoms with Crippen LogP contribution in [0.5, 0.6) is 0 Å². The number of carbonyl (C=O) groups excluding carboxylic acids is 2. The van der Waals surface area contributed by atoms with Crippen LogP contribution >= 0.6 is 0 Å². The van der Waals surface area contributed by atoms with Crippen molar-refractivity contribution in [2.75, 3.05) is 26.2 Å². The van der Waals surface area contributed by atoms with Gasteiger partial charge >= 0.3 is 0 Å². The Morgan fingerprint density at radius 1 is 0.833 bits per heavy atom. The Morgan fingerprint density at radius 3 is 2.25 bits per heavy atom. The van der Waals surface area contributed by atoms with Crippen molar-refractivity contribution in [3.8, 4) is 0 Å². The molecule has 0 spiro atoms. The molecule has 3 rings (SSSR count). The summed E-state index contributed by atoms with van der Waals surface area (Å²) >= 11 is 0. The molecular weight excluding hydrogens is 300 g/mol. The number of carbonyl (C=O) groups is 2. The summed E-state index contributed by atoms with van der Waals surface area (Å²) in [6.45, 7) is 2.92. The molecule has 130 valence electrons. The molecule has 2 fully saturated rings. The molecule has 1 saturated carbocycles. The van der Waals surface area contributed by atoms with Gasteiger partial charge in [0.25, 0.3) is 0 Å². The Morgan fingerprint density at radius 2 is 1.50 bits per heavy atom. The summed E-state index contributed by atoms with van der Waals surface area (Å²) in [5.74, 6) is 0.727. The van der Waals surface area contributed by atoms with Gasteiger partial charge in [-0.3, -0.25) is 9.59 Å². The van der Waals surface area contributed by atoms with Crippen molar-refractivity contribution in [1.82, 2.24) is 9.80 Å². The zero-order valence-corrected chi connectivity index (χ0v) is 14.5. The van der Waals surface area contributed by atoms with Crippen LogP contribution in [-0.2, 0) is 16.0 Å². The highest BCUT2D eigenvalue weighted by atomic mass is 16.2. The lowest BCUT2D eigenvalue weighted by molar-refractivity contribution is -0.137. The molecule has 0 radical (unpaired) electrons. The van der Waals surface area contributed by atoms with Crippen molar-refractivity contribution in [1.29, 1.82) is 0 Å². The van der Waals surface area contributed by atoms with Crippen molar-refractivity contribution in [3.05, 3.63) is 35.9 Å². The number of hydrogen-bond acceptors (Lipinski definition) is 2. The molecule has 1 aliphatic heterocycles. The Labute approximate surface area is 144 Å². The molecule has 0 aromatic heterocycles. The third kappa shape index (κ3) is 4.37. The molecule has 1 heterocycles. The molecule has 2 amide bonds. The molecule has 1 aromatic carbocycles. The van der Waals surface area contributed by atoms with E-state index in [0.717, 1.165) is 37.9 Å². The second-order valence-corrected chi connectivity index (χ2v) is 7.06. The summed E-state index contributed by atoms with van der Waals surface area (Å²) in [4.78, 5) is 29.2. The third-order valence-corrected chi connectivity index (χ3v) is 5.31. The number of hydrogen-bond donors (Lipinski definition) is 0. The number of rotatable bonds is 3. The first-order valence-electron chi connectivity index (χ1n) is 9.34. The number of nitrogens with zero attached hydrogens (tertiary/aromatic N) is 2. The second-order valence-electron chi connectivity index (χ2n) is 7.06. The Bertz CT molecular complexity index is 552. The lowest BCUT2D eigenvalue weighted by Gasteiger charge is -2.28. The van der Waals surface area contributed by atoms with Gasteiger partial charge in [-0.15, -0.1) is 0 Å². The minimum atomic E-state index is 0.174. The van der Waals surface area contributed by atoms with E-state index in [1.165, 1.54) is 19.3 Å². The topological polar surface area (TPSA) is 40.6 Å². The van der Waals surface area contributed by atoms with Crippen LogP contribution in [0, 0.1) is 5.92 Å². The van der Waals surface area contributed by atoms with Gasteiger partial charge in [0.1, 0.15) is 0 Å². The molecule has 4 nitrogen and oxygen atoms in total. The molecule has 24 heavy (non-hydrogen) atoms. The van der Waals surface area contributed by atoms with Crippen LogP contribution in [-0.4, -0.2) is 47.8 Å². The predicted octanol–water partition coefficient (Wildman–Crippen LogP) is 2.87. The number of benzene rings is 1. The molecule has 0 N–H and O–H groups in total. The van der Waals surface area contributed by atoms with Crippen LogP contribution in [0.3, 0.4) is 0 Å². The molecule has 2 aliphatic rings. The van der Waals surface area contributed by atoms with E-state index in [-0.39, 0.29) is 11.8 Å². The standard InChI is InChI=1S/C20H28N2O2/c23-19(16-17-8-3-1-4-9-17)21-12-7-13-22(15-14-21)20(24)18-10-5-2-6-11-18/h1,3-4,8-9,18H,2,5-7,10-16H2. The molecule has 1 saturated heterocycles. The molecule has 0 atom stereocenters. The summed E-state index contributed by atoms with van der Waals surface area (Å²) in [6.07, 6.45) is 7.08. The average molecular weight is 328 g/mol. The summed E-state index contributed by atoms with van der Waals surface area (Å²) < 4.78 is 0. The van der Waals surface area contributed by atoms with Gasteiger partial charge in [0.2, 0.25) is 11.8 Å². The van der Waals surface area contributed by atoms with Gasteiger partial charge in [-0.1, -0.05) is 49.6 Å². The van der Waals surface area contributed by atoms with Gasteiger partial charge in [-0.25, -0.2) is 0 Å². The smallest absolute Gasteiger partial charge is 0.227 e. The van der Waals surface area contributed by atoms with Gasteiger partial charge in [-0.2, -0.15) is 0 Å². The van der Waals surface area contributed by atoms with Crippen molar-refractivity contribution >= 4 is 11.8 Å². The van der Waals surface area contributed by atoms with E-state index in [1.54, 1.807) is 0 Å². The van der Waals surface area contributed by atoms with Crippen LogP contribution in [0.25, 0.3) is 0 Å². The molecule has 4 heteroatoms. The first-order chi connectivity index (χ1) is 11.7. The van der Waals surface area contributed by atoms with E-state index in [4.69, 9.17) is 0 Å². The third-order valence-electron chi connectivity index (χ3n) is 5.31. The molecule has 0 bridgehead atoms. The highest BCUT2D eigenvalue weighted by Crippen LogP contribution is 2.25. The van der Waals surface area contributed by atoms with Gasteiger partial charge in [0.05, 0.1) is 6.42 Å². The van der Waals surface area contributed by atoms with E-state index in [0.29, 0.717) is 25.4 Å². The normalized spacial score (nSPS) is 19.8. The van der Waals surface area contributed by atoms with Crippen LogP contribution < -0.4 is 0 Å². The lowest BCUT2D eigenvalue weighted by Crippen LogP contribution is -2.40. The van der Waals surface area contributed by atoms with E-state index >= 15 is 0 Å². The largest absolute Gasteiger partial charge is 0.341 e. The first kappa shape index (κ1) is 17.0. The summed E-state index contributed by atoms with van der Waals surface area (Å²) in [6, 6.07) is 9.89. The maximum absolute atomic E-state index is 12.7. The number of amides is 2. The minimum Gasteiger partial charge on any atom is -0.341 e. The fourth-order valence-electron chi connectivity index (χ4n) is 3.88. The van der Waals surface area contributed by atoms with Gasteiger partial charge in [-0.05, 0) is 24.8 Å². The monoisotopic (exact) mass is 328 g/mol. The molecule has 0 unspecified atom stereocenters. The maximum atomic E-state index is 12.7. The summed E-state index contributed by atoms with van der Waals surface area (Å²) in [7, 11) is 0. The fraction of sp³-hybridized carbons (Fsp3) is 0.600. The van der Waals surface area contributed by atoms with Crippen molar-refractivity contribution < 1.29 is 9.59 Å². The molecule has 1 aliphatic carbocycles. The minimum absolute atomic E-state index is 0.174. The van der Waals surface area contributed by atoms with E-state index in [1.807, 2.05) is 40.1 Å². The quantitative estimate of drug-likeness (QED) is 0.856. The highest BCUT2D eigenvalue weighted by Gasteiger charge is 2.28. The van der Waals surface area contributed by atoms with Gasteiger partial charge in [0, 0.05) is 32.1 Å². The van der Waals surface area contributed by atoms with Crippen LogP contribution in [0.2, 0.25) is 0 Å².